The van der Waals surface area contributed by atoms with E-state index in [9.17, 15) is 4.79 Å². The number of hydrogen-bond acceptors (Lipinski definition) is 3. The summed E-state index contributed by atoms with van der Waals surface area (Å²) in [4.78, 5) is 19.8. The van der Waals surface area contributed by atoms with Gasteiger partial charge in [-0.3, -0.25) is 4.79 Å². The van der Waals surface area contributed by atoms with Crippen molar-refractivity contribution in [1.29, 1.82) is 0 Å². The van der Waals surface area contributed by atoms with Gasteiger partial charge in [0.2, 0.25) is 5.91 Å². The minimum Gasteiger partial charge on any atom is -0.340 e. The summed E-state index contributed by atoms with van der Waals surface area (Å²) in [5, 5.41) is 4.85. The van der Waals surface area contributed by atoms with Crippen molar-refractivity contribution in [3.05, 3.63) is 64.1 Å². The van der Waals surface area contributed by atoms with Crippen molar-refractivity contribution in [3.63, 3.8) is 0 Å². The molecule has 0 spiro atoms. The quantitative estimate of drug-likeness (QED) is 0.486. The van der Waals surface area contributed by atoms with Gasteiger partial charge in [-0.05, 0) is 74.9 Å². The summed E-state index contributed by atoms with van der Waals surface area (Å²) in [7, 11) is 0. The first kappa shape index (κ1) is 25.2. The van der Waals surface area contributed by atoms with Crippen molar-refractivity contribution in [2.45, 2.75) is 38.1 Å². The Morgan fingerprint density at radius 1 is 0.971 bits per heavy atom. The molecule has 182 valence electrons. The summed E-state index contributed by atoms with van der Waals surface area (Å²) in [5.74, 6) is 0.194. The largest absolute Gasteiger partial charge is 0.340 e. The van der Waals surface area contributed by atoms with Crippen LogP contribution in [-0.2, 0) is 4.79 Å². The number of benzene rings is 2. The van der Waals surface area contributed by atoms with E-state index in [0.29, 0.717) is 34.7 Å². The van der Waals surface area contributed by atoms with Crippen molar-refractivity contribution in [1.82, 2.24) is 14.7 Å². The van der Waals surface area contributed by atoms with Gasteiger partial charge in [0.1, 0.15) is 0 Å². The third kappa shape index (κ3) is 6.63. The van der Waals surface area contributed by atoms with Gasteiger partial charge in [0, 0.05) is 31.7 Å². The number of thiocarbonyl (C=S) groups is 1. The van der Waals surface area contributed by atoms with E-state index in [2.05, 4.69) is 27.2 Å². The fourth-order valence-corrected chi connectivity index (χ4v) is 5.43. The molecular formula is C26H32Cl2N4OS. The maximum Gasteiger partial charge on any atom is 0.224 e. The molecule has 2 heterocycles. The number of piperidine rings is 1. The van der Waals surface area contributed by atoms with Crippen LogP contribution in [0.2, 0.25) is 10.0 Å². The molecule has 1 N–H and O–H groups in total. The molecule has 2 aromatic rings. The highest BCUT2D eigenvalue weighted by atomic mass is 35.5. The Balaban J connectivity index is 1.47. The molecule has 0 radical (unpaired) electrons. The lowest BCUT2D eigenvalue weighted by atomic mass is 10.1. The van der Waals surface area contributed by atoms with Crippen LogP contribution >= 0.6 is 35.4 Å². The van der Waals surface area contributed by atoms with Crippen molar-refractivity contribution >= 4 is 52.1 Å². The molecule has 1 amide bonds. The second kappa shape index (κ2) is 12.2. The predicted molar refractivity (Wildman–Crippen MR) is 145 cm³/mol. The first-order valence-corrected chi connectivity index (χ1v) is 13.3. The fourth-order valence-electron chi connectivity index (χ4n) is 4.80. The van der Waals surface area contributed by atoms with E-state index in [1.54, 1.807) is 12.1 Å². The Morgan fingerprint density at radius 2 is 1.74 bits per heavy atom. The van der Waals surface area contributed by atoms with Crippen LogP contribution < -0.4 is 5.32 Å². The molecule has 34 heavy (non-hydrogen) atoms. The number of hydrogen-bond donors (Lipinski definition) is 1. The lowest BCUT2D eigenvalue weighted by molar-refractivity contribution is -0.130. The molecule has 0 unspecified atom stereocenters. The van der Waals surface area contributed by atoms with Crippen molar-refractivity contribution in [2.75, 3.05) is 44.6 Å². The third-order valence-corrected chi connectivity index (χ3v) is 7.73. The second-order valence-corrected chi connectivity index (χ2v) is 10.2. The Labute approximate surface area is 218 Å². The summed E-state index contributed by atoms with van der Waals surface area (Å²) in [6, 6.07) is 15.7. The van der Waals surface area contributed by atoms with Gasteiger partial charge in [-0.1, -0.05) is 60.0 Å². The average Bonchev–Trinajstić information content (AvgIpc) is 3.02. The molecule has 5 nitrogen and oxygen atoms in total. The summed E-state index contributed by atoms with van der Waals surface area (Å²) in [6.45, 7) is 5.38. The van der Waals surface area contributed by atoms with Crippen LogP contribution in [0.5, 0.6) is 0 Å². The molecular weight excluding hydrogens is 487 g/mol. The standard InChI is InChI=1S/C26H32Cl2N4OS/c27-22-11-10-21(18-23(22)28)29-26(34)32-17-12-25(33)31(16-7-15-30-13-5-2-6-14-30)19-24(32)20-8-3-1-4-9-20/h1,3-4,8-11,18,24H,2,5-7,12-17,19H2,(H,29,34)/t24-/m0/s1. The molecule has 2 aliphatic heterocycles. The number of likely N-dealkylation sites (tertiary alicyclic amines) is 1. The Morgan fingerprint density at radius 3 is 2.47 bits per heavy atom. The zero-order chi connectivity index (χ0) is 23.9. The van der Waals surface area contributed by atoms with Crippen LogP contribution in [0.1, 0.15) is 43.7 Å². The number of rotatable bonds is 6. The first-order chi connectivity index (χ1) is 16.5. The Hall–Kier alpha value is -1.86. The number of anilines is 1. The maximum atomic E-state index is 13.1. The van der Waals surface area contributed by atoms with Crippen LogP contribution in [0, 0.1) is 0 Å². The van der Waals surface area contributed by atoms with E-state index in [4.69, 9.17) is 35.4 Å². The Bertz CT molecular complexity index is 984. The van der Waals surface area contributed by atoms with Crippen molar-refractivity contribution in [2.24, 2.45) is 0 Å². The molecule has 2 aromatic carbocycles. The van der Waals surface area contributed by atoms with Gasteiger partial charge in [0.05, 0.1) is 16.1 Å². The van der Waals surface area contributed by atoms with E-state index < -0.39 is 0 Å². The van der Waals surface area contributed by atoms with E-state index in [1.807, 2.05) is 29.2 Å². The van der Waals surface area contributed by atoms with Gasteiger partial charge in [-0.25, -0.2) is 0 Å². The molecule has 0 aromatic heterocycles. The highest BCUT2D eigenvalue weighted by Gasteiger charge is 2.31. The second-order valence-electron chi connectivity index (χ2n) is 9.02. The highest BCUT2D eigenvalue weighted by Crippen LogP contribution is 2.29. The predicted octanol–water partition coefficient (Wildman–Crippen LogP) is 5.84. The lowest BCUT2D eigenvalue weighted by Crippen LogP contribution is -2.41. The third-order valence-electron chi connectivity index (χ3n) is 6.66. The zero-order valence-electron chi connectivity index (χ0n) is 19.4. The van der Waals surface area contributed by atoms with Gasteiger partial charge >= 0.3 is 0 Å². The van der Waals surface area contributed by atoms with Gasteiger partial charge in [-0.15, -0.1) is 0 Å². The lowest BCUT2D eigenvalue weighted by Gasteiger charge is -2.34. The first-order valence-electron chi connectivity index (χ1n) is 12.1. The normalized spacial score (nSPS) is 19.7. The van der Waals surface area contributed by atoms with Crippen LogP contribution in [0.25, 0.3) is 0 Å². The maximum absolute atomic E-state index is 13.1. The van der Waals surface area contributed by atoms with Gasteiger partial charge < -0.3 is 20.0 Å². The number of halogens is 2. The number of carbonyl (C=O) groups is 1. The topological polar surface area (TPSA) is 38.8 Å². The number of nitrogens with zero attached hydrogens (tertiary/aromatic N) is 3. The molecule has 0 bridgehead atoms. The van der Waals surface area contributed by atoms with E-state index in [-0.39, 0.29) is 11.9 Å². The molecule has 2 fully saturated rings. The molecule has 8 heteroatoms. The summed E-state index contributed by atoms with van der Waals surface area (Å²) in [6.07, 6.45) is 5.36. The number of amides is 1. The monoisotopic (exact) mass is 518 g/mol. The molecule has 0 aliphatic carbocycles. The van der Waals surface area contributed by atoms with Crippen LogP contribution in [0.4, 0.5) is 5.69 Å². The molecule has 0 saturated carbocycles. The van der Waals surface area contributed by atoms with Crippen molar-refractivity contribution < 1.29 is 4.79 Å². The molecule has 4 rings (SSSR count). The van der Waals surface area contributed by atoms with Gasteiger partial charge in [0.25, 0.3) is 0 Å². The highest BCUT2D eigenvalue weighted by molar-refractivity contribution is 7.80. The minimum absolute atomic E-state index is 0.0228. The summed E-state index contributed by atoms with van der Waals surface area (Å²) in [5.41, 5.74) is 1.93. The van der Waals surface area contributed by atoms with E-state index in [0.717, 1.165) is 30.8 Å². The van der Waals surface area contributed by atoms with Crippen LogP contribution in [0.15, 0.2) is 48.5 Å². The van der Waals surface area contributed by atoms with Gasteiger partial charge in [0.15, 0.2) is 5.11 Å². The van der Waals surface area contributed by atoms with E-state index in [1.165, 1.54) is 32.4 Å². The molecule has 2 saturated heterocycles. The summed E-state index contributed by atoms with van der Waals surface area (Å²) < 4.78 is 0. The van der Waals surface area contributed by atoms with Crippen LogP contribution in [0.3, 0.4) is 0 Å². The zero-order valence-corrected chi connectivity index (χ0v) is 21.7. The average molecular weight is 520 g/mol. The van der Waals surface area contributed by atoms with E-state index >= 15 is 0 Å². The van der Waals surface area contributed by atoms with Gasteiger partial charge in [-0.2, -0.15) is 0 Å². The Kier molecular flexibility index (Phi) is 9.06. The van der Waals surface area contributed by atoms with Crippen molar-refractivity contribution in [3.8, 4) is 0 Å². The smallest absolute Gasteiger partial charge is 0.224 e. The molecule has 2 aliphatic rings. The minimum atomic E-state index is -0.0228. The SMILES string of the molecule is O=C1CCN(C(=S)Nc2ccc(Cl)c(Cl)c2)[C@H](c2ccccc2)CN1CCCN1CCCCC1. The van der Waals surface area contributed by atoms with Crippen LogP contribution in [-0.4, -0.2) is 65.0 Å². The summed E-state index contributed by atoms with van der Waals surface area (Å²) >= 11 is 18.1. The number of carbonyl (C=O) groups excluding carboxylic acids is 1. The fraction of sp³-hybridized carbons (Fsp3) is 0.462. The number of nitrogens with one attached hydrogen (secondary N) is 1. The molecule has 1 atom stereocenters.